The molecule has 0 radical (unpaired) electrons. The summed E-state index contributed by atoms with van der Waals surface area (Å²) in [7, 11) is 0. The van der Waals surface area contributed by atoms with Crippen molar-refractivity contribution >= 4 is 23.3 Å². The molecule has 0 bridgehead atoms. The molecule has 1 heterocycles. The Morgan fingerprint density at radius 1 is 1.55 bits per heavy atom. The summed E-state index contributed by atoms with van der Waals surface area (Å²) < 4.78 is 0. The number of nitrogens with zero attached hydrogens (tertiary/aromatic N) is 1. The molecule has 110 valence electrons. The van der Waals surface area contributed by atoms with E-state index >= 15 is 0 Å². The minimum Gasteiger partial charge on any atom is -0.481 e. The molecule has 1 saturated carbocycles. The minimum atomic E-state index is -0.830. The van der Waals surface area contributed by atoms with Gasteiger partial charge in [0.25, 0.3) is 0 Å². The van der Waals surface area contributed by atoms with E-state index in [1.807, 2.05) is 29.3 Å². The van der Waals surface area contributed by atoms with Gasteiger partial charge in [-0.3, -0.25) is 4.79 Å². The third-order valence-corrected chi connectivity index (χ3v) is 4.18. The minimum absolute atomic E-state index is 0.0792. The molecular weight excluding hydrogens is 276 g/mol. The summed E-state index contributed by atoms with van der Waals surface area (Å²) in [5.74, 6) is -0.830. The van der Waals surface area contributed by atoms with Crippen molar-refractivity contribution in [1.29, 1.82) is 0 Å². The van der Waals surface area contributed by atoms with Gasteiger partial charge in [0, 0.05) is 23.4 Å². The van der Waals surface area contributed by atoms with Crippen LogP contribution < -0.4 is 5.32 Å². The van der Waals surface area contributed by atoms with Crippen LogP contribution >= 0.6 is 11.3 Å². The van der Waals surface area contributed by atoms with Crippen molar-refractivity contribution in [2.45, 2.75) is 51.2 Å². The fraction of sp³-hybridized carbons (Fsp3) is 0.571. The van der Waals surface area contributed by atoms with Crippen LogP contribution in [0.2, 0.25) is 0 Å². The van der Waals surface area contributed by atoms with Gasteiger partial charge in [0.05, 0.1) is 6.54 Å². The highest BCUT2D eigenvalue weighted by Gasteiger charge is 2.33. The number of carbonyl (C=O) groups excluding carboxylic acids is 1. The highest BCUT2D eigenvalue weighted by Crippen LogP contribution is 2.29. The Morgan fingerprint density at radius 3 is 2.85 bits per heavy atom. The average Bonchev–Trinajstić information content (AvgIpc) is 3.10. The summed E-state index contributed by atoms with van der Waals surface area (Å²) in [6, 6.07) is 4.14. The number of rotatable bonds is 7. The molecule has 1 aromatic heterocycles. The van der Waals surface area contributed by atoms with E-state index < -0.39 is 5.97 Å². The van der Waals surface area contributed by atoms with Gasteiger partial charge in [0.15, 0.2) is 0 Å². The molecule has 1 atom stereocenters. The summed E-state index contributed by atoms with van der Waals surface area (Å²) in [5.41, 5.74) is 0. The average molecular weight is 296 g/mol. The van der Waals surface area contributed by atoms with Crippen LogP contribution in [0.25, 0.3) is 0 Å². The number of hydrogen-bond donors (Lipinski definition) is 2. The molecule has 0 aromatic carbocycles. The van der Waals surface area contributed by atoms with Gasteiger partial charge in [-0.15, -0.1) is 11.3 Å². The van der Waals surface area contributed by atoms with Crippen LogP contribution in [0.5, 0.6) is 0 Å². The first-order valence-corrected chi connectivity index (χ1v) is 7.75. The molecule has 0 aliphatic heterocycles. The van der Waals surface area contributed by atoms with Crippen molar-refractivity contribution in [3.63, 3.8) is 0 Å². The maximum Gasteiger partial charge on any atom is 0.318 e. The first-order chi connectivity index (χ1) is 9.56. The third-order valence-electron chi connectivity index (χ3n) is 3.32. The lowest BCUT2D eigenvalue weighted by atomic mass is 10.2. The molecule has 6 heteroatoms. The van der Waals surface area contributed by atoms with E-state index in [0.717, 1.165) is 12.8 Å². The van der Waals surface area contributed by atoms with Gasteiger partial charge < -0.3 is 15.3 Å². The van der Waals surface area contributed by atoms with E-state index in [4.69, 9.17) is 5.11 Å². The lowest BCUT2D eigenvalue weighted by molar-refractivity contribution is -0.137. The van der Waals surface area contributed by atoms with Gasteiger partial charge in [-0.2, -0.15) is 0 Å². The number of amides is 2. The zero-order valence-corrected chi connectivity index (χ0v) is 12.4. The van der Waals surface area contributed by atoms with Gasteiger partial charge in [-0.05, 0) is 37.6 Å². The Balaban J connectivity index is 1.85. The highest BCUT2D eigenvalue weighted by atomic mass is 32.1. The first kappa shape index (κ1) is 14.8. The Bertz CT molecular complexity index is 457. The summed E-state index contributed by atoms with van der Waals surface area (Å²) in [4.78, 5) is 25.8. The predicted molar refractivity (Wildman–Crippen MR) is 77.7 cm³/mol. The summed E-state index contributed by atoms with van der Waals surface area (Å²) >= 11 is 1.65. The highest BCUT2D eigenvalue weighted by molar-refractivity contribution is 7.09. The summed E-state index contributed by atoms with van der Waals surface area (Å²) in [5, 5.41) is 13.6. The van der Waals surface area contributed by atoms with Gasteiger partial charge in [-0.1, -0.05) is 6.07 Å². The zero-order valence-electron chi connectivity index (χ0n) is 11.5. The number of aliphatic carboxylic acids is 1. The van der Waals surface area contributed by atoms with Gasteiger partial charge in [0.2, 0.25) is 0 Å². The first-order valence-electron chi connectivity index (χ1n) is 6.87. The zero-order chi connectivity index (χ0) is 14.5. The maximum atomic E-state index is 12.3. The van der Waals surface area contributed by atoms with Crippen molar-refractivity contribution in [2.75, 3.05) is 0 Å². The smallest absolute Gasteiger partial charge is 0.318 e. The van der Waals surface area contributed by atoms with Crippen LogP contribution in [0.4, 0.5) is 4.79 Å². The lowest BCUT2D eigenvalue weighted by Crippen LogP contribution is -2.44. The third kappa shape index (κ3) is 4.52. The number of hydrogen-bond acceptors (Lipinski definition) is 3. The van der Waals surface area contributed by atoms with Crippen LogP contribution in [-0.2, 0) is 11.3 Å². The standard InChI is InChI=1S/C14H20N2O3S/c1-10(4-7-13(17)18)15-14(19)16(11-5-6-11)9-12-3-2-8-20-12/h2-3,8,10-11H,4-7,9H2,1H3,(H,15,19)(H,17,18). The topological polar surface area (TPSA) is 69.6 Å². The van der Waals surface area contributed by atoms with Crippen LogP contribution in [0.15, 0.2) is 17.5 Å². The van der Waals surface area contributed by atoms with E-state index in [1.165, 1.54) is 4.88 Å². The largest absolute Gasteiger partial charge is 0.481 e. The second-order valence-electron chi connectivity index (χ2n) is 5.22. The Kier molecular flexibility index (Phi) is 5.00. The van der Waals surface area contributed by atoms with Crippen LogP contribution in [0.3, 0.4) is 0 Å². The maximum absolute atomic E-state index is 12.3. The second kappa shape index (κ2) is 6.74. The van der Waals surface area contributed by atoms with Crippen LogP contribution in [-0.4, -0.2) is 34.1 Å². The van der Waals surface area contributed by atoms with E-state index in [2.05, 4.69) is 5.32 Å². The van der Waals surface area contributed by atoms with E-state index in [1.54, 1.807) is 11.3 Å². The number of thiophene rings is 1. The predicted octanol–water partition coefficient (Wildman–Crippen LogP) is 2.68. The molecule has 1 aliphatic rings. The van der Waals surface area contributed by atoms with Crippen molar-refractivity contribution in [3.8, 4) is 0 Å². The molecule has 1 unspecified atom stereocenters. The molecule has 0 saturated heterocycles. The molecule has 1 aromatic rings. The molecule has 1 fully saturated rings. The van der Waals surface area contributed by atoms with Crippen molar-refractivity contribution < 1.29 is 14.7 Å². The molecule has 2 amide bonds. The quantitative estimate of drug-likeness (QED) is 0.812. The Labute approximate surface area is 122 Å². The molecule has 0 spiro atoms. The van der Waals surface area contributed by atoms with Gasteiger partial charge in [-0.25, -0.2) is 4.79 Å². The summed E-state index contributed by atoms with van der Waals surface area (Å²) in [6.45, 7) is 2.48. The number of carboxylic acid groups (broad SMARTS) is 1. The van der Waals surface area contributed by atoms with Crippen molar-refractivity contribution in [2.24, 2.45) is 0 Å². The fourth-order valence-corrected chi connectivity index (χ4v) is 2.73. The monoisotopic (exact) mass is 296 g/mol. The normalized spacial score (nSPS) is 15.7. The second-order valence-corrected chi connectivity index (χ2v) is 6.25. The molecule has 1 aliphatic carbocycles. The van der Waals surface area contributed by atoms with Crippen LogP contribution in [0.1, 0.15) is 37.5 Å². The van der Waals surface area contributed by atoms with Crippen LogP contribution in [0, 0.1) is 0 Å². The van der Waals surface area contributed by atoms with Gasteiger partial charge in [0.1, 0.15) is 0 Å². The molecule has 2 N–H and O–H groups in total. The molecular formula is C14H20N2O3S. The molecule has 20 heavy (non-hydrogen) atoms. The van der Waals surface area contributed by atoms with E-state index in [0.29, 0.717) is 19.0 Å². The number of nitrogens with one attached hydrogen (secondary N) is 1. The lowest BCUT2D eigenvalue weighted by Gasteiger charge is -2.24. The number of carboxylic acids is 1. The fourth-order valence-electron chi connectivity index (χ4n) is 2.03. The molecule has 5 nitrogen and oxygen atoms in total. The van der Waals surface area contributed by atoms with Crippen molar-refractivity contribution in [3.05, 3.63) is 22.4 Å². The number of urea groups is 1. The van der Waals surface area contributed by atoms with E-state index in [9.17, 15) is 9.59 Å². The Morgan fingerprint density at radius 2 is 2.30 bits per heavy atom. The Hall–Kier alpha value is -1.56. The molecule has 2 rings (SSSR count). The summed E-state index contributed by atoms with van der Waals surface area (Å²) in [6.07, 6.45) is 2.65. The van der Waals surface area contributed by atoms with Crippen molar-refractivity contribution in [1.82, 2.24) is 10.2 Å². The SMILES string of the molecule is CC(CCC(=O)O)NC(=O)N(Cc1cccs1)C1CC1. The van der Waals surface area contributed by atoms with Gasteiger partial charge >= 0.3 is 12.0 Å². The van der Waals surface area contributed by atoms with E-state index in [-0.39, 0.29) is 18.5 Å². The number of carbonyl (C=O) groups is 2.